The van der Waals surface area contributed by atoms with Crippen LogP contribution in [0.25, 0.3) is 0 Å². The molecule has 0 saturated carbocycles. The van der Waals surface area contributed by atoms with Crippen molar-refractivity contribution in [1.82, 2.24) is 15.6 Å². The minimum Gasteiger partial charge on any atom is -0.497 e. The number of aromatic nitrogens is 1. The van der Waals surface area contributed by atoms with Crippen LogP contribution in [0.1, 0.15) is 29.2 Å². The monoisotopic (exact) mass is 398 g/mol. The van der Waals surface area contributed by atoms with Gasteiger partial charge in [0.15, 0.2) is 5.96 Å². The number of benzene rings is 1. The lowest BCUT2D eigenvalue weighted by Crippen LogP contribution is -2.40. The molecule has 0 spiro atoms. The quantitative estimate of drug-likeness (QED) is 0.423. The molecular formula is C21H26N4O2S. The van der Waals surface area contributed by atoms with Crippen LogP contribution in [0, 0.1) is 0 Å². The van der Waals surface area contributed by atoms with E-state index < -0.39 is 0 Å². The Morgan fingerprint density at radius 1 is 1.25 bits per heavy atom. The van der Waals surface area contributed by atoms with Gasteiger partial charge in [0.2, 0.25) is 0 Å². The van der Waals surface area contributed by atoms with Crippen molar-refractivity contribution in [2.24, 2.45) is 4.99 Å². The third-order valence-electron chi connectivity index (χ3n) is 4.27. The number of nitrogens with one attached hydrogen (secondary N) is 2. The van der Waals surface area contributed by atoms with Gasteiger partial charge in [-0.2, -0.15) is 0 Å². The van der Waals surface area contributed by atoms with E-state index >= 15 is 0 Å². The van der Waals surface area contributed by atoms with Crippen LogP contribution in [0.3, 0.4) is 0 Å². The van der Waals surface area contributed by atoms with E-state index in [1.807, 2.05) is 48.0 Å². The number of rotatable bonds is 9. The smallest absolute Gasteiger partial charge is 0.191 e. The molecule has 0 saturated heterocycles. The van der Waals surface area contributed by atoms with Crippen LogP contribution in [0.5, 0.6) is 5.75 Å². The summed E-state index contributed by atoms with van der Waals surface area (Å²) in [7, 11) is 1.67. The first-order chi connectivity index (χ1) is 13.7. The van der Waals surface area contributed by atoms with Gasteiger partial charge in [0.05, 0.1) is 24.9 Å². The second-order valence-electron chi connectivity index (χ2n) is 6.42. The van der Waals surface area contributed by atoms with Crippen LogP contribution in [0.2, 0.25) is 0 Å². The van der Waals surface area contributed by atoms with Crippen LogP contribution in [-0.2, 0) is 13.0 Å². The normalized spacial score (nSPS) is 12.6. The SMILES string of the molecule is COc1ccc(CN=C(NCCc2ccco2)NCC(C)c2nccs2)cc1. The average molecular weight is 399 g/mol. The second kappa shape index (κ2) is 10.5. The summed E-state index contributed by atoms with van der Waals surface area (Å²) in [5.74, 6) is 2.90. The highest BCUT2D eigenvalue weighted by Gasteiger charge is 2.09. The molecule has 0 aliphatic carbocycles. The molecule has 2 N–H and O–H groups in total. The molecule has 1 aromatic carbocycles. The molecule has 28 heavy (non-hydrogen) atoms. The maximum atomic E-state index is 5.39. The van der Waals surface area contributed by atoms with Gasteiger partial charge >= 0.3 is 0 Å². The number of hydrogen-bond acceptors (Lipinski definition) is 5. The van der Waals surface area contributed by atoms with Gasteiger partial charge in [-0.05, 0) is 29.8 Å². The van der Waals surface area contributed by atoms with E-state index in [0.29, 0.717) is 12.5 Å². The summed E-state index contributed by atoms with van der Waals surface area (Å²) >= 11 is 1.68. The summed E-state index contributed by atoms with van der Waals surface area (Å²) in [6.45, 7) is 4.26. The van der Waals surface area contributed by atoms with Gasteiger partial charge in [-0.15, -0.1) is 11.3 Å². The van der Waals surface area contributed by atoms with Crippen LogP contribution >= 0.6 is 11.3 Å². The van der Waals surface area contributed by atoms with E-state index in [0.717, 1.165) is 47.6 Å². The number of aliphatic imine (C=N–C) groups is 1. The van der Waals surface area contributed by atoms with Gasteiger partial charge in [0.1, 0.15) is 11.5 Å². The maximum absolute atomic E-state index is 5.39. The molecule has 0 amide bonds. The standard InChI is InChI=1S/C21H26N4O2S/c1-16(20-22-11-13-28-20)14-24-21(23-10-9-19-4-3-12-27-19)25-15-17-5-7-18(26-2)8-6-17/h3-8,11-13,16H,9-10,14-15H2,1-2H3,(H2,23,24,25). The van der Waals surface area contributed by atoms with Crippen LogP contribution in [0.15, 0.2) is 63.6 Å². The van der Waals surface area contributed by atoms with Gasteiger partial charge in [-0.3, -0.25) is 0 Å². The molecule has 0 radical (unpaired) electrons. The van der Waals surface area contributed by atoms with Crippen LogP contribution in [-0.4, -0.2) is 31.1 Å². The first-order valence-corrected chi connectivity index (χ1v) is 10.2. The van der Waals surface area contributed by atoms with E-state index in [1.165, 1.54) is 0 Å². The highest BCUT2D eigenvalue weighted by molar-refractivity contribution is 7.09. The summed E-state index contributed by atoms with van der Waals surface area (Å²) in [6.07, 6.45) is 4.34. The molecule has 7 heteroatoms. The molecule has 1 unspecified atom stereocenters. The molecule has 1 atom stereocenters. The van der Waals surface area contributed by atoms with Gasteiger partial charge in [-0.1, -0.05) is 19.1 Å². The van der Waals surface area contributed by atoms with Gasteiger partial charge in [-0.25, -0.2) is 9.98 Å². The zero-order valence-electron chi connectivity index (χ0n) is 16.2. The Morgan fingerprint density at radius 3 is 2.79 bits per heavy atom. The lowest BCUT2D eigenvalue weighted by Gasteiger charge is -2.15. The third-order valence-corrected chi connectivity index (χ3v) is 5.28. The summed E-state index contributed by atoms with van der Waals surface area (Å²) in [4.78, 5) is 9.12. The largest absolute Gasteiger partial charge is 0.497 e. The second-order valence-corrected chi connectivity index (χ2v) is 7.35. The molecule has 148 valence electrons. The number of thiazole rings is 1. The molecule has 3 rings (SSSR count). The molecule has 3 aromatic rings. The number of ether oxygens (including phenoxy) is 1. The summed E-state index contributed by atoms with van der Waals surface area (Å²) in [5.41, 5.74) is 1.13. The van der Waals surface area contributed by atoms with Crippen molar-refractivity contribution < 1.29 is 9.15 Å². The topological polar surface area (TPSA) is 71.7 Å². The predicted molar refractivity (Wildman–Crippen MR) is 113 cm³/mol. The highest BCUT2D eigenvalue weighted by atomic mass is 32.1. The zero-order chi connectivity index (χ0) is 19.6. The molecule has 0 fully saturated rings. The predicted octanol–water partition coefficient (Wildman–Crippen LogP) is 3.83. The van der Waals surface area contributed by atoms with Gasteiger partial charge < -0.3 is 19.8 Å². The molecule has 0 aliphatic heterocycles. The van der Waals surface area contributed by atoms with Crippen molar-refractivity contribution in [1.29, 1.82) is 0 Å². The lowest BCUT2D eigenvalue weighted by atomic mass is 10.2. The Labute approximate surface area is 169 Å². The number of nitrogens with zero attached hydrogens (tertiary/aromatic N) is 2. The van der Waals surface area contributed by atoms with Gasteiger partial charge in [0, 0.05) is 37.0 Å². The Morgan fingerprint density at radius 2 is 2.11 bits per heavy atom. The number of guanidine groups is 1. The fourth-order valence-corrected chi connectivity index (χ4v) is 3.35. The van der Waals surface area contributed by atoms with Crippen molar-refractivity contribution in [2.75, 3.05) is 20.2 Å². The van der Waals surface area contributed by atoms with E-state index in [4.69, 9.17) is 14.1 Å². The fraction of sp³-hybridized carbons (Fsp3) is 0.333. The summed E-state index contributed by atoms with van der Waals surface area (Å²) in [6, 6.07) is 11.8. The van der Waals surface area contributed by atoms with Crippen molar-refractivity contribution >= 4 is 17.3 Å². The highest BCUT2D eigenvalue weighted by Crippen LogP contribution is 2.16. The zero-order valence-corrected chi connectivity index (χ0v) is 17.0. The first kappa shape index (κ1) is 19.9. The van der Waals surface area contributed by atoms with E-state index in [9.17, 15) is 0 Å². The van der Waals surface area contributed by atoms with E-state index in [2.05, 4.69) is 22.5 Å². The molecule has 6 nitrogen and oxygen atoms in total. The minimum absolute atomic E-state index is 0.318. The number of hydrogen-bond donors (Lipinski definition) is 2. The molecule has 2 aromatic heterocycles. The Balaban J connectivity index is 1.58. The average Bonchev–Trinajstić information content (AvgIpc) is 3.44. The van der Waals surface area contributed by atoms with E-state index in [-0.39, 0.29) is 0 Å². The third kappa shape index (κ3) is 6.13. The molecular weight excluding hydrogens is 372 g/mol. The Hall–Kier alpha value is -2.80. The van der Waals surface area contributed by atoms with Crippen molar-refractivity contribution in [3.63, 3.8) is 0 Å². The van der Waals surface area contributed by atoms with Crippen LogP contribution in [0.4, 0.5) is 0 Å². The lowest BCUT2D eigenvalue weighted by molar-refractivity contribution is 0.414. The number of methoxy groups -OCH3 is 1. The van der Waals surface area contributed by atoms with Gasteiger partial charge in [0.25, 0.3) is 0 Å². The van der Waals surface area contributed by atoms with Crippen molar-refractivity contribution in [2.45, 2.75) is 25.8 Å². The van der Waals surface area contributed by atoms with Crippen LogP contribution < -0.4 is 15.4 Å². The number of furan rings is 1. The Kier molecular flexibility index (Phi) is 7.49. The fourth-order valence-electron chi connectivity index (χ4n) is 2.65. The first-order valence-electron chi connectivity index (χ1n) is 9.31. The maximum Gasteiger partial charge on any atom is 0.191 e. The van der Waals surface area contributed by atoms with E-state index in [1.54, 1.807) is 24.7 Å². The van der Waals surface area contributed by atoms with Crippen molar-refractivity contribution in [3.8, 4) is 5.75 Å². The Bertz CT molecular complexity index is 830. The molecule has 0 aliphatic rings. The summed E-state index contributed by atoms with van der Waals surface area (Å²) < 4.78 is 10.6. The molecule has 2 heterocycles. The van der Waals surface area contributed by atoms with Crippen molar-refractivity contribution in [3.05, 3.63) is 70.6 Å². The minimum atomic E-state index is 0.318. The molecule has 0 bridgehead atoms. The summed E-state index contributed by atoms with van der Waals surface area (Å²) in [5, 5.41) is 9.95.